The molecule has 0 aromatic heterocycles. The van der Waals surface area contributed by atoms with Crippen LogP contribution in [0.5, 0.6) is 0 Å². The molecule has 2 N–H and O–H groups in total. The van der Waals surface area contributed by atoms with Gasteiger partial charge >= 0.3 is 0 Å². The van der Waals surface area contributed by atoms with E-state index >= 15 is 0 Å². The smallest absolute Gasteiger partial charge is 0.0666 e. The zero-order valence-corrected chi connectivity index (χ0v) is 11.3. The van der Waals surface area contributed by atoms with Crippen LogP contribution >= 0.6 is 23.2 Å². The molecule has 0 aliphatic rings. The Morgan fingerprint density at radius 3 is 2.38 bits per heavy atom. The van der Waals surface area contributed by atoms with Crippen molar-refractivity contribution in [1.29, 1.82) is 0 Å². The van der Waals surface area contributed by atoms with Crippen LogP contribution in [0.2, 0.25) is 10.0 Å². The van der Waals surface area contributed by atoms with E-state index in [4.69, 9.17) is 33.7 Å². The van der Waals surface area contributed by atoms with Gasteiger partial charge in [-0.3, -0.25) is 0 Å². The van der Waals surface area contributed by atoms with E-state index in [1.54, 1.807) is 12.1 Å². The normalized spacial score (nSPS) is 13.9. The summed E-state index contributed by atoms with van der Waals surface area (Å²) in [6.07, 6.45) is 0. The molecule has 0 bridgehead atoms. The quantitative estimate of drug-likeness (QED) is 0.898. The van der Waals surface area contributed by atoms with E-state index in [0.29, 0.717) is 16.7 Å². The predicted octanol–water partition coefficient (Wildman–Crippen LogP) is 3.81. The van der Waals surface area contributed by atoms with Crippen molar-refractivity contribution in [2.45, 2.75) is 32.4 Å². The number of hydrogen-bond acceptors (Lipinski definition) is 2. The molecule has 16 heavy (non-hydrogen) atoms. The summed E-state index contributed by atoms with van der Waals surface area (Å²) >= 11 is 11.8. The van der Waals surface area contributed by atoms with E-state index in [9.17, 15) is 0 Å². The van der Waals surface area contributed by atoms with Crippen molar-refractivity contribution in [2.24, 2.45) is 5.73 Å². The van der Waals surface area contributed by atoms with Crippen molar-refractivity contribution in [2.75, 3.05) is 6.61 Å². The molecule has 0 aliphatic heterocycles. The molecule has 1 aromatic rings. The van der Waals surface area contributed by atoms with Gasteiger partial charge in [0.25, 0.3) is 0 Å². The molecule has 2 nitrogen and oxygen atoms in total. The highest BCUT2D eigenvalue weighted by molar-refractivity contribution is 6.42. The van der Waals surface area contributed by atoms with Crippen LogP contribution < -0.4 is 5.73 Å². The molecule has 0 radical (unpaired) electrons. The Kier molecular flexibility index (Phi) is 4.62. The zero-order chi connectivity index (χ0) is 12.3. The van der Waals surface area contributed by atoms with E-state index in [1.807, 2.05) is 26.8 Å². The van der Waals surface area contributed by atoms with Crippen molar-refractivity contribution in [3.63, 3.8) is 0 Å². The molecule has 0 aliphatic carbocycles. The van der Waals surface area contributed by atoms with Gasteiger partial charge < -0.3 is 10.5 Å². The van der Waals surface area contributed by atoms with Crippen molar-refractivity contribution in [3.8, 4) is 0 Å². The second-order valence-electron chi connectivity index (χ2n) is 4.70. The fourth-order valence-electron chi connectivity index (χ4n) is 1.18. The largest absolute Gasteiger partial charge is 0.374 e. The summed E-state index contributed by atoms with van der Waals surface area (Å²) in [5, 5.41) is 1.06. The molecule has 0 saturated heterocycles. The molecule has 0 saturated carbocycles. The molecule has 4 heteroatoms. The summed E-state index contributed by atoms with van der Waals surface area (Å²) in [7, 11) is 0. The lowest BCUT2D eigenvalue weighted by atomic mass is 10.1. The molecular weight excluding hydrogens is 245 g/mol. The van der Waals surface area contributed by atoms with Crippen LogP contribution in [0.4, 0.5) is 0 Å². The number of halogens is 2. The average molecular weight is 262 g/mol. The predicted molar refractivity (Wildman–Crippen MR) is 69.1 cm³/mol. The van der Waals surface area contributed by atoms with Gasteiger partial charge in [0, 0.05) is 0 Å². The average Bonchev–Trinajstić information content (AvgIpc) is 2.17. The van der Waals surface area contributed by atoms with Crippen molar-refractivity contribution in [1.82, 2.24) is 0 Å². The molecule has 1 atom stereocenters. The number of benzene rings is 1. The zero-order valence-electron chi connectivity index (χ0n) is 9.76. The third kappa shape index (κ3) is 4.30. The summed E-state index contributed by atoms with van der Waals surface area (Å²) in [5.74, 6) is 0. The van der Waals surface area contributed by atoms with Crippen molar-refractivity contribution < 1.29 is 4.74 Å². The Balaban J connectivity index is 2.66. The lowest BCUT2D eigenvalue weighted by molar-refractivity contribution is -0.0102. The SMILES string of the molecule is CC(C)(C)OCC(N)c1ccc(Cl)c(Cl)c1. The first-order valence-electron chi connectivity index (χ1n) is 5.14. The summed E-state index contributed by atoms with van der Waals surface area (Å²) < 4.78 is 5.61. The first-order valence-corrected chi connectivity index (χ1v) is 5.89. The van der Waals surface area contributed by atoms with Crippen LogP contribution in [-0.2, 0) is 4.74 Å². The highest BCUT2D eigenvalue weighted by Gasteiger charge is 2.14. The standard InChI is InChI=1S/C12H17Cl2NO/c1-12(2,3)16-7-11(15)8-4-5-9(13)10(14)6-8/h4-6,11H,7,15H2,1-3H3. The highest BCUT2D eigenvalue weighted by Crippen LogP contribution is 2.25. The molecule has 0 amide bonds. The fraction of sp³-hybridized carbons (Fsp3) is 0.500. The van der Waals surface area contributed by atoms with Crippen LogP contribution in [0, 0.1) is 0 Å². The molecule has 0 heterocycles. The Bertz CT molecular complexity index is 361. The lowest BCUT2D eigenvalue weighted by Crippen LogP contribution is -2.26. The van der Waals surface area contributed by atoms with Crippen LogP contribution in [0.15, 0.2) is 18.2 Å². The van der Waals surface area contributed by atoms with Gasteiger partial charge in [0.1, 0.15) is 0 Å². The van der Waals surface area contributed by atoms with Gasteiger partial charge in [-0.25, -0.2) is 0 Å². The minimum atomic E-state index is -0.187. The maximum Gasteiger partial charge on any atom is 0.0666 e. The van der Waals surface area contributed by atoms with Crippen LogP contribution in [-0.4, -0.2) is 12.2 Å². The number of hydrogen-bond donors (Lipinski definition) is 1. The van der Waals surface area contributed by atoms with E-state index in [0.717, 1.165) is 5.56 Å². The van der Waals surface area contributed by atoms with Gasteiger partial charge in [-0.1, -0.05) is 29.3 Å². The summed E-state index contributed by atoms with van der Waals surface area (Å²) in [4.78, 5) is 0. The topological polar surface area (TPSA) is 35.2 Å². The van der Waals surface area contributed by atoms with Gasteiger partial charge in [-0.2, -0.15) is 0 Å². The molecule has 0 fully saturated rings. The summed E-state index contributed by atoms with van der Waals surface area (Å²) in [6, 6.07) is 5.20. The molecule has 0 spiro atoms. The minimum Gasteiger partial charge on any atom is -0.374 e. The third-order valence-corrected chi connectivity index (χ3v) is 2.81. The highest BCUT2D eigenvalue weighted by atomic mass is 35.5. The molecule has 1 unspecified atom stereocenters. The van der Waals surface area contributed by atoms with Gasteiger partial charge in [0.05, 0.1) is 28.3 Å². The molecular formula is C12H17Cl2NO. The van der Waals surface area contributed by atoms with Crippen LogP contribution in [0.25, 0.3) is 0 Å². The maximum absolute atomic E-state index is 5.99. The summed E-state index contributed by atoms with van der Waals surface area (Å²) in [6.45, 7) is 6.44. The van der Waals surface area contributed by atoms with Gasteiger partial charge in [0.2, 0.25) is 0 Å². The first-order chi connectivity index (χ1) is 7.29. The number of ether oxygens (including phenoxy) is 1. The van der Waals surface area contributed by atoms with E-state index < -0.39 is 0 Å². The van der Waals surface area contributed by atoms with Crippen LogP contribution in [0.3, 0.4) is 0 Å². The molecule has 90 valence electrons. The Morgan fingerprint density at radius 2 is 1.88 bits per heavy atom. The van der Waals surface area contributed by atoms with Crippen LogP contribution in [0.1, 0.15) is 32.4 Å². The monoisotopic (exact) mass is 261 g/mol. The number of rotatable bonds is 3. The van der Waals surface area contributed by atoms with Gasteiger partial charge in [-0.05, 0) is 38.5 Å². The Labute approximate surface area is 107 Å². The fourth-order valence-corrected chi connectivity index (χ4v) is 1.49. The maximum atomic E-state index is 5.99. The number of nitrogens with two attached hydrogens (primary N) is 1. The second kappa shape index (κ2) is 5.37. The van der Waals surface area contributed by atoms with E-state index in [1.165, 1.54) is 0 Å². The van der Waals surface area contributed by atoms with Crippen molar-refractivity contribution in [3.05, 3.63) is 33.8 Å². The van der Waals surface area contributed by atoms with Gasteiger partial charge in [0.15, 0.2) is 0 Å². The Morgan fingerprint density at radius 1 is 1.25 bits per heavy atom. The molecule has 1 rings (SSSR count). The minimum absolute atomic E-state index is 0.186. The summed E-state index contributed by atoms with van der Waals surface area (Å²) in [5.41, 5.74) is 6.74. The third-order valence-electron chi connectivity index (χ3n) is 2.07. The van der Waals surface area contributed by atoms with E-state index in [-0.39, 0.29) is 11.6 Å². The van der Waals surface area contributed by atoms with Crippen molar-refractivity contribution >= 4 is 23.2 Å². The first kappa shape index (κ1) is 13.8. The second-order valence-corrected chi connectivity index (χ2v) is 5.52. The molecule has 1 aromatic carbocycles. The Hall–Kier alpha value is -0.280. The van der Waals surface area contributed by atoms with E-state index in [2.05, 4.69) is 0 Å². The lowest BCUT2D eigenvalue weighted by Gasteiger charge is -2.22. The van der Waals surface area contributed by atoms with Gasteiger partial charge in [-0.15, -0.1) is 0 Å².